The van der Waals surface area contributed by atoms with E-state index in [4.69, 9.17) is 4.99 Å². The Morgan fingerprint density at radius 2 is 1.75 bits per heavy atom. The normalized spacial score (nSPS) is 15.4. The van der Waals surface area contributed by atoms with Crippen molar-refractivity contribution in [1.82, 2.24) is 4.68 Å². The maximum atomic E-state index is 11.0. The predicted octanol–water partition coefficient (Wildman–Crippen LogP) is 4.36. The lowest BCUT2D eigenvalue weighted by atomic mass is 9.96. The first-order chi connectivity index (χ1) is 15.4. The molecule has 1 heterocycles. The lowest BCUT2D eigenvalue weighted by molar-refractivity contribution is -0.384. The number of nitrogens with zero attached hydrogens (tertiary/aromatic N) is 4. The third-order valence-electron chi connectivity index (χ3n) is 5.40. The van der Waals surface area contributed by atoms with E-state index in [1.807, 2.05) is 5.38 Å². The number of hydrogen-bond acceptors (Lipinski definition) is 8. The van der Waals surface area contributed by atoms with Gasteiger partial charge >= 0.3 is 0 Å². The molecule has 0 unspecified atom stereocenters. The Morgan fingerprint density at radius 3 is 2.44 bits per heavy atom. The van der Waals surface area contributed by atoms with Crippen molar-refractivity contribution in [2.24, 2.45) is 10.1 Å². The molecule has 4 rings (SSSR count). The Bertz CT molecular complexity index is 1220. The summed E-state index contributed by atoms with van der Waals surface area (Å²) in [7, 11) is 0. The van der Waals surface area contributed by atoms with Gasteiger partial charge in [-0.15, -0.1) is 11.3 Å². The summed E-state index contributed by atoms with van der Waals surface area (Å²) in [5, 5.41) is 46.8. The molecular formula is C22H22N4O5S. The van der Waals surface area contributed by atoms with Crippen LogP contribution >= 0.6 is 11.3 Å². The molecule has 1 fully saturated rings. The van der Waals surface area contributed by atoms with Gasteiger partial charge in [0.15, 0.2) is 11.5 Å². The number of benzene rings is 2. The lowest BCUT2D eigenvalue weighted by Gasteiger charge is -2.16. The average Bonchev–Trinajstić information content (AvgIpc) is 3.20. The predicted molar refractivity (Wildman–Crippen MR) is 121 cm³/mol. The highest BCUT2D eigenvalue weighted by molar-refractivity contribution is 7.07. The van der Waals surface area contributed by atoms with E-state index < -0.39 is 22.2 Å². The van der Waals surface area contributed by atoms with Crippen LogP contribution in [0.15, 0.2) is 51.9 Å². The third kappa shape index (κ3) is 4.50. The van der Waals surface area contributed by atoms with Gasteiger partial charge in [0, 0.05) is 28.6 Å². The summed E-state index contributed by atoms with van der Waals surface area (Å²) in [6, 6.07) is 9.08. The molecule has 3 aromatic rings. The number of nitro benzene ring substituents is 1. The lowest BCUT2D eigenvalue weighted by Crippen LogP contribution is -2.19. The van der Waals surface area contributed by atoms with E-state index in [9.17, 15) is 25.4 Å². The van der Waals surface area contributed by atoms with Gasteiger partial charge in [-0.2, -0.15) is 5.10 Å². The van der Waals surface area contributed by atoms with Gasteiger partial charge in [-0.25, -0.2) is 4.68 Å². The second-order valence-electron chi connectivity index (χ2n) is 7.56. The number of aromatic hydroxyl groups is 3. The van der Waals surface area contributed by atoms with Gasteiger partial charge < -0.3 is 15.3 Å². The second-order valence-corrected chi connectivity index (χ2v) is 8.39. The van der Waals surface area contributed by atoms with Crippen LogP contribution in [0.2, 0.25) is 0 Å². The van der Waals surface area contributed by atoms with Crippen molar-refractivity contribution in [2.45, 2.75) is 38.1 Å². The average molecular weight is 455 g/mol. The summed E-state index contributed by atoms with van der Waals surface area (Å²) in [5.74, 6) is -1.53. The van der Waals surface area contributed by atoms with Crippen LogP contribution in [0.1, 0.15) is 37.7 Å². The second kappa shape index (κ2) is 9.23. The van der Waals surface area contributed by atoms with Crippen molar-refractivity contribution in [3.8, 4) is 28.5 Å². The smallest absolute Gasteiger partial charge is 0.269 e. The van der Waals surface area contributed by atoms with Gasteiger partial charge in [0.25, 0.3) is 5.69 Å². The molecule has 9 nitrogen and oxygen atoms in total. The van der Waals surface area contributed by atoms with Crippen LogP contribution in [-0.2, 0) is 0 Å². The van der Waals surface area contributed by atoms with E-state index in [0.717, 1.165) is 31.2 Å². The molecule has 10 heteroatoms. The number of rotatable bonds is 5. The summed E-state index contributed by atoms with van der Waals surface area (Å²) < 4.78 is 1.63. The highest BCUT2D eigenvalue weighted by atomic mass is 32.1. The molecule has 0 amide bonds. The minimum atomic E-state index is -0.619. The molecule has 1 aliphatic rings. The quantitative estimate of drug-likeness (QED) is 0.228. The number of aromatic nitrogens is 1. The molecule has 0 saturated heterocycles. The molecule has 32 heavy (non-hydrogen) atoms. The molecule has 1 saturated carbocycles. The van der Waals surface area contributed by atoms with Crippen LogP contribution in [0.4, 0.5) is 5.69 Å². The highest BCUT2D eigenvalue weighted by Crippen LogP contribution is 2.36. The summed E-state index contributed by atoms with van der Waals surface area (Å²) in [4.78, 5) is 16.1. The number of hydrogen-bond donors (Lipinski definition) is 3. The first-order valence-corrected chi connectivity index (χ1v) is 11.1. The Labute approximate surface area is 187 Å². The number of phenolic OH excluding ortho intramolecular Hbond substituents is 3. The van der Waals surface area contributed by atoms with Gasteiger partial charge in [0.2, 0.25) is 10.6 Å². The fourth-order valence-corrected chi connectivity index (χ4v) is 4.54. The molecule has 0 bridgehead atoms. The minimum absolute atomic E-state index is 0.00404. The van der Waals surface area contributed by atoms with Crippen LogP contribution in [0.3, 0.4) is 0 Å². The summed E-state index contributed by atoms with van der Waals surface area (Å²) in [6.07, 6.45) is 6.89. The largest absolute Gasteiger partial charge is 0.504 e. The number of thiazole rings is 1. The van der Waals surface area contributed by atoms with E-state index in [0.29, 0.717) is 10.5 Å². The number of non-ortho nitro benzene ring substituents is 1. The van der Waals surface area contributed by atoms with Crippen molar-refractivity contribution in [1.29, 1.82) is 0 Å². The molecule has 0 spiro atoms. The van der Waals surface area contributed by atoms with Crippen LogP contribution < -0.4 is 4.80 Å². The molecule has 1 aliphatic carbocycles. The Morgan fingerprint density at radius 1 is 1.03 bits per heavy atom. The highest BCUT2D eigenvalue weighted by Gasteiger charge is 2.15. The third-order valence-corrected chi connectivity index (χ3v) is 6.23. The van der Waals surface area contributed by atoms with Crippen LogP contribution in [0, 0.1) is 10.1 Å². The molecule has 2 aromatic carbocycles. The summed E-state index contributed by atoms with van der Waals surface area (Å²) in [6.45, 7) is 0. The zero-order valence-electron chi connectivity index (χ0n) is 17.1. The van der Waals surface area contributed by atoms with Gasteiger partial charge in [-0.3, -0.25) is 15.1 Å². The summed E-state index contributed by atoms with van der Waals surface area (Å²) in [5.41, 5.74) is 1.64. The van der Waals surface area contributed by atoms with Crippen LogP contribution in [0.5, 0.6) is 17.2 Å². The van der Waals surface area contributed by atoms with Gasteiger partial charge in [0.1, 0.15) is 0 Å². The van der Waals surface area contributed by atoms with Crippen molar-refractivity contribution < 1.29 is 20.2 Å². The molecule has 166 valence electrons. The van der Waals surface area contributed by atoms with E-state index >= 15 is 0 Å². The Hall–Kier alpha value is -3.66. The Kier molecular flexibility index (Phi) is 6.22. The fourth-order valence-electron chi connectivity index (χ4n) is 3.63. The van der Waals surface area contributed by atoms with Gasteiger partial charge in [-0.1, -0.05) is 19.3 Å². The maximum absolute atomic E-state index is 11.0. The van der Waals surface area contributed by atoms with Crippen molar-refractivity contribution >= 4 is 23.2 Å². The Balaban J connectivity index is 1.78. The fraction of sp³-hybridized carbons (Fsp3) is 0.273. The van der Waals surface area contributed by atoms with E-state index in [1.54, 1.807) is 16.8 Å². The monoisotopic (exact) mass is 454 g/mol. The number of phenols is 3. The zero-order valence-corrected chi connectivity index (χ0v) is 17.9. The molecule has 1 aromatic heterocycles. The zero-order chi connectivity index (χ0) is 22.7. The van der Waals surface area contributed by atoms with E-state index in [2.05, 4.69) is 5.10 Å². The van der Waals surface area contributed by atoms with Gasteiger partial charge in [-0.05, 0) is 37.1 Å². The first-order valence-electron chi connectivity index (χ1n) is 10.2. The SMILES string of the molecule is O=[N+]([O-])c1ccc(-c2csc(=NC3CCCCC3)n2N=Cc2ccc(O)c(O)c2O)cc1. The van der Waals surface area contributed by atoms with Gasteiger partial charge in [0.05, 0.1) is 22.9 Å². The van der Waals surface area contributed by atoms with E-state index in [-0.39, 0.29) is 17.3 Å². The first kappa shape index (κ1) is 21.6. The topological polar surface area (TPSA) is 133 Å². The van der Waals surface area contributed by atoms with Crippen molar-refractivity contribution in [3.05, 3.63) is 62.3 Å². The molecule has 0 aliphatic heterocycles. The van der Waals surface area contributed by atoms with Crippen molar-refractivity contribution in [3.63, 3.8) is 0 Å². The molecule has 3 N–H and O–H groups in total. The van der Waals surface area contributed by atoms with Crippen molar-refractivity contribution in [2.75, 3.05) is 0 Å². The molecule has 0 atom stereocenters. The van der Waals surface area contributed by atoms with Crippen LogP contribution in [0.25, 0.3) is 11.3 Å². The summed E-state index contributed by atoms with van der Waals surface area (Å²) >= 11 is 1.42. The van der Waals surface area contributed by atoms with E-state index in [1.165, 1.54) is 48.2 Å². The number of nitro groups is 1. The van der Waals surface area contributed by atoms with Crippen LogP contribution in [-0.4, -0.2) is 37.2 Å². The maximum Gasteiger partial charge on any atom is 0.269 e. The standard InChI is InChI=1S/C22H22N4O5S/c27-19-11-8-15(20(28)21(19)29)12-23-25-18(14-6-9-17(10-7-14)26(30)31)13-32-22(25)24-16-4-2-1-3-5-16/h6-13,16,27-29H,1-5H2. The molecular weight excluding hydrogens is 432 g/mol. The minimum Gasteiger partial charge on any atom is -0.504 e. The molecule has 0 radical (unpaired) electrons.